The normalized spacial score (nSPS) is 15.9. The molecule has 4 rings (SSSR count). The van der Waals surface area contributed by atoms with Crippen molar-refractivity contribution in [3.8, 4) is 0 Å². The maximum absolute atomic E-state index is 13.5. The van der Waals surface area contributed by atoms with Gasteiger partial charge in [-0.25, -0.2) is 4.39 Å². The van der Waals surface area contributed by atoms with Gasteiger partial charge in [0, 0.05) is 31.0 Å². The average Bonchev–Trinajstić information content (AvgIpc) is 3.06. The standard InChI is InChI=1S/C17H17FN2/c18-15-5-4-12-7-9-20(16(12)10-15)11-14-3-1-2-13-6-8-19-17(13)14/h1-5,10,19H,6-9,11H2. The van der Waals surface area contributed by atoms with E-state index >= 15 is 0 Å². The monoisotopic (exact) mass is 268 g/mol. The van der Waals surface area contributed by atoms with Crippen molar-refractivity contribution in [2.45, 2.75) is 19.4 Å². The molecule has 0 aromatic heterocycles. The summed E-state index contributed by atoms with van der Waals surface area (Å²) in [6.07, 6.45) is 2.12. The van der Waals surface area contributed by atoms with Crippen molar-refractivity contribution in [1.29, 1.82) is 0 Å². The molecule has 0 atom stereocenters. The Morgan fingerprint density at radius 3 is 3.00 bits per heavy atom. The quantitative estimate of drug-likeness (QED) is 0.898. The summed E-state index contributed by atoms with van der Waals surface area (Å²) in [5.41, 5.74) is 6.32. The van der Waals surface area contributed by atoms with Gasteiger partial charge in [0.1, 0.15) is 5.82 Å². The zero-order chi connectivity index (χ0) is 13.5. The minimum Gasteiger partial charge on any atom is -0.384 e. The number of rotatable bonds is 2. The number of nitrogens with zero attached hydrogens (tertiary/aromatic N) is 1. The summed E-state index contributed by atoms with van der Waals surface area (Å²) in [5.74, 6) is -0.146. The number of para-hydroxylation sites is 1. The van der Waals surface area contributed by atoms with Crippen LogP contribution in [0.1, 0.15) is 16.7 Å². The van der Waals surface area contributed by atoms with Crippen LogP contribution < -0.4 is 10.2 Å². The molecule has 0 radical (unpaired) electrons. The Bertz CT molecular complexity index is 666. The lowest BCUT2D eigenvalue weighted by molar-refractivity contribution is 0.627. The molecule has 0 amide bonds. The van der Waals surface area contributed by atoms with E-state index in [4.69, 9.17) is 0 Å². The lowest BCUT2D eigenvalue weighted by Crippen LogP contribution is -2.20. The van der Waals surface area contributed by atoms with Crippen molar-refractivity contribution in [1.82, 2.24) is 0 Å². The van der Waals surface area contributed by atoms with Crippen LogP contribution in [0.5, 0.6) is 0 Å². The van der Waals surface area contributed by atoms with E-state index < -0.39 is 0 Å². The van der Waals surface area contributed by atoms with Crippen LogP contribution in [0.25, 0.3) is 0 Å². The highest BCUT2D eigenvalue weighted by Crippen LogP contribution is 2.33. The second kappa shape index (κ2) is 4.51. The van der Waals surface area contributed by atoms with Gasteiger partial charge in [-0.15, -0.1) is 0 Å². The Labute approximate surface area is 118 Å². The molecule has 3 heteroatoms. The molecule has 2 heterocycles. The largest absolute Gasteiger partial charge is 0.384 e. The van der Waals surface area contributed by atoms with E-state index in [0.717, 1.165) is 38.2 Å². The Balaban J connectivity index is 1.66. The third-order valence-corrected chi connectivity index (χ3v) is 4.33. The van der Waals surface area contributed by atoms with Crippen LogP contribution >= 0.6 is 0 Å². The van der Waals surface area contributed by atoms with E-state index in [1.807, 2.05) is 6.07 Å². The minimum absolute atomic E-state index is 0.146. The second-order valence-corrected chi connectivity index (χ2v) is 5.57. The number of benzene rings is 2. The highest BCUT2D eigenvalue weighted by molar-refractivity contribution is 5.64. The Kier molecular flexibility index (Phi) is 2.66. The van der Waals surface area contributed by atoms with Crippen molar-refractivity contribution < 1.29 is 4.39 Å². The molecule has 0 spiro atoms. The van der Waals surface area contributed by atoms with E-state index in [-0.39, 0.29) is 5.82 Å². The van der Waals surface area contributed by atoms with Gasteiger partial charge >= 0.3 is 0 Å². The third kappa shape index (κ3) is 1.85. The van der Waals surface area contributed by atoms with Gasteiger partial charge in [-0.05, 0) is 41.7 Å². The number of nitrogens with one attached hydrogen (secondary N) is 1. The van der Waals surface area contributed by atoms with Gasteiger partial charge < -0.3 is 10.2 Å². The van der Waals surface area contributed by atoms with Gasteiger partial charge in [0.15, 0.2) is 0 Å². The van der Waals surface area contributed by atoms with E-state index in [2.05, 4.69) is 28.4 Å². The first-order chi connectivity index (χ1) is 9.81. The number of fused-ring (bicyclic) bond motifs is 2. The fourth-order valence-electron chi connectivity index (χ4n) is 3.33. The van der Waals surface area contributed by atoms with Gasteiger partial charge in [0.25, 0.3) is 0 Å². The molecule has 0 unspecified atom stereocenters. The number of anilines is 2. The van der Waals surface area contributed by atoms with Crippen LogP contribution in [0.15, 0.2) is 36.4 Å². The van der Waals surface area contributed by atoms with Gasteiger partial charge in [-0.1, -0.05) is 24.3 Å². The van der Waals surface area contributed by atoms with Crippen molar-refractivity contribution >= 4 is 11.4 Å². The van der Waals surface area contributed by atoms with Crippen molar-refractivity contribution in [2.75, 3.05) is 23.3 Å². The molecule has 0 saturated heterocycles. The minimum atomic E-state index is -0.146. The van der Waals surface area contributed by atoms with Crippen molar-refractivity contribution in [3.05, 3.63) is 58.9 Å². The maximum Gasteiger partial charge on any atom is 0.125 e. The maximum atomic E-state index is 13.5. The number of hydrogen-bond donors (Lipinski definition) is 1. The summed E-state index contributed by atoms with van der Waals surface area (Å²) < 4.78 is 13.5. The zero-order valence-electron chi connectivity index (χ0n) is 11.3. The van der Waals surface area contributed by atoms with Crippen LogP contribution in [-0.2, 0) is 19.4 Å². The van der Waals surface area contributed by atoms with E-state index in [9.17, 15) is 4.39 Å². The fraction of sp³-hybridized carbons (Fsp3) is 0.294. The Morgan fingerprint density at radius 1 is 1.10 bits per heavy atom. The number of halogens is 1. The molecule has 102 valence electrons. The molecule has 2 aliphatic rings. The number of hydrogen-bond acceptors (Lipinski definition) is 2. The SMILES string of the molecule is Fc1ccc2c(c1)N(Cc1cccc3c1NCC3)CC2. The fourth-order valence-corrected chi connectivity index (χ4v) is 3.33. The zero-order valence-corrected chi connectivity index (χ0v) is 11.3. The molecule has 2 nitrogen and oxygen atoms in total. The van der Waals surface area contributed by atoms with Gasteiger partial charge in [0.05, 0.1) is 0 Å². The second-order valence-electron chi connectivity index (χ2n) is 5.57. The molecule has 2 aromatic rings. The molecule has 2 aliphatic heterocycles. The van der Waals surface area contributed by atoms with Gasteiger partial charge in [-0.2, -0.15) is 0 Å². The lowest BCUT2D eigenvalue weighted by atomic mass is 10.1. The summed E-state index contributed by atoms with van der Waals surface area (Å²) in [5, 5.41) is 3.48. The predicted molar refractivity (Wildman–Crippen MR) is 79.8 cm³/mol. The Morgan fingerprint density at radius 2 is 2.05 bits per heavy atom. The Hall–Kier alpha value is -2.03. The molecule has 0 aliphatic carbocycles. The van der Waals surface area contributed by atoms with Crippen LogP contribution in [0.3, 0.4) is 0 Å². The van der Waals surface area contributed by atoms with E-state index in [1.165, 1.54) is 22.4 Å². The van der Waals surface area contributed by atoms with Crippen LogP contribution in [0, 0.1) is 5.82 Å². The van der Waals surface area contributed by atoms with Crippen LogP contribution in [0.4, 0.5) is 15.8 Å². The molecule has 2 aromatic carbocycles. The summed E-state index contributed by atoms with van der Waals surface area (Å²) in [6.45, 7) is 2.85. The summed E-state index contributed by atoms with van der Waals surface area (Å²) in [7, 11) is 0. The molecular weight excluding hydrogens is 251 g/mol. The van der Waals surface area contributed by atoms with Crippen molar-refractivity contribution in [3.63, 3.8) is 0 Å². The molecule has 0 saturated carbocycles. The first-order valence-corrected chi connectivity index (χ1v) is 7.19. The topological polar surface area (TPSA) is 15.3 Å². The highest BCUT2D eigenvalue weighted by atomic mass is 19.1. The molecular formula is C17H17FN2. The predicted octanol–water partition coefficient (Wildman–Crippen LogP) is 3.36. The van der Waals surface area contributed by atoms with Gasteiger partial charge in [-0.3, -0.25) is 0 Å². The third-order valence-electron chi connectivity index (χ3n) is 4.33. The highest BCUT2D eigenvalue weighted by Gasteiger charge is 2.22. The first kappa shape index (κ1) is 11.8. The summed E-state index contributed by atoms with van der Waals surface area (Å²) in [6, 6.07) is 11.6. The summed E-state index contributed by atoms with van der Waals surface area (Å²) in [4.78, 5) is 2.29. The summed E-state index contributed by atoms with van der Waals surface area (Å²) >= 11 is 0. The van der Waals surface area contributed by atoms with E-state index in [0.29, 0.717) is 0 Å². The lowest BCUT2D eigenvalue weighted by Gasteiger charge is -2.21. The van der Waals surface area contributed by atoms with Crippen LogP contribution in [0.2, 0.25) is 0 Å². The molecule has 1 N–H and O–H groups in total. The molecule has 20 heavy (non-hydrogen) atoms. The molecule has 0 fully saturated rings. The smallest absolute Gasteiger partial charge is 0.125 e. The van der Waals surface area contributed by atoms with Crippen LogP contribution in [-0.4, -0.2) is 13.1 Å². The molecule has 0 bridgehead atoms. The average molecular weight is 268 g/mol. The first-order valence-electron chi connectivity index (χ1n) is 7.19. The van der Waals surface area contributed by atoms with E-state index in [1.54, 1.807) is 12.1 Å². The van der Waals surface area contributed by atoms with Gasteiger partial charge in [0.2, 0.25) is 0 Å². The van der Waals surface area contributed by atoms with Crippen molar-refractivity contribution in [2.24, 2.45) is 0 Å².